The average molecular weight is 812 g/mol. The van der Waals surface area contributed by atoms with Crippen molar-refractivity contribution in [2.24, 2.45) is 0 Å². The Kier molecular flexibility index (Phi) is 19.7. The fraction of sp³-hybridized carbons (Fsp3) is 0.583. The van der Waals surface area contributed by atoms with Gasteiger partial charge in [-0.2, -0.15) is 24.9 Å². The van der Waals surface area contributed by atoms with Crippen molar-refractivity contribution in [3.63, 3.8) is 0 Å². The number of aliphatic hydroxyl groups is 1. The Balaban J connectivity index is 0.00000131. The van der Waals surface area contributed by atoms with Gasteiger partial charge in [0.25, 0.3) is 0 Å². The van der Waals surface area contributed by atoms with Gasteiger partial charge < -0.3 is 30.9 Å². The second kappa shape index (κ2) is 22.8. The summed E-state index contributed by atoms with van der Waals surface area (Å²) < 4.78 is 92.5. The van der Waals surface area contributed by atoms with Crippen molar-refractivity contribution in [3.05, 3.63) is 70.8 Å². The van der Waals surface area contributed by atoms with Crippen LogP contribution >= 0.6 is 11.8 Å². The molecule has 11 nitrogen and oxygen atoms in total. The van der Waals surface area contributed by atoms with Crippen LogP contribution in [0.2, 0.25) is 0 Å². The third kappa shape index (κ3) is 16.9. The van der Waals surface area contributed by atoms with E-state index in [0.29, 0.717) is 44.4 Å². The van der Waals surface area contributed by atoms with Crippen molar-refractivity contribution in [1.29, 1.82) is 0 Å². The van der Waals surface area contributed by atoms with E-state index in [2.05, 4.69) is 16.0 Å². The molecule has 0 spiro atoms. The number of amides is 2. The molecule has 0 saturated carbocycles. The first-order chi connectivity index (χ1) is 25.4. The van der Waals surface area contributed by atoms with Gasteiger partial charge in [-0.1, -0.05) is 57.9 Å². The number of carbonyl (C=O) groups excluding carboxylic acids is 2. The number of aliphatic hydroxyl groups excluding tert-OH is 1. The summed E-state index contributed by atoms with van der Waals surface area (Å²) in [7, 11) is -3.85. The third-order valence-electron chi connectivity index (χ3n) is 8.39. The number of hydrogen-bond acceptors (Lipinski definition) is 9. The Labute approximate surface area is 317 Å². The number of aryl methyl sites for hydroxylation is 1. The second-order valence-electron chi connectivity index (χ2n) is 12.9. The molecule has 0 aliphatic carbocycles. The fourth-order valence-corrected chi connectivity index (χ4v) is 8.90. The molecule has 0 bridgehead atoms. The van der Waals surface area contributed by atoms with Crippen molar-refractivity contribution in [1.82, 2.24) is 16.0 Å². The second-order valence-corrected chi connectivity index (χ2v) is 16.4. The minimum Gasteiger partial charge on any atom is -0.475 e. The van der Waals surface area contributed by atoms with Crippen molar-refractivity contribution in [2.75, 3.05) is 23.8 Å². The monoisotopic (exact) mass is 811 g/mol. The highest BCUT2D eigenvalue weighted by atomic mass is 32.2. The first kappa shape index (κ1) is 46.7. The number of sulfone groups is 1. The Morgan fingerprint density at radius 1 is 0.963 bits per heavy atom. The van der Waals surface area contributed by atoms with E-state index in [-0.39, 0.29) is 24.6 Å². The maximum absolute atomic E-state index is 14.1. The molecule has 3 rings (SSSR count). The molecule has 2 aromatic carbocycles. The molecule has 304 valence electrons. The number of thioether (sulfide) groups is 1. The van der Waals surface area contributed by atoms with Crippen molar-refractivity contribution >= 4 is 39.6 Å². The van der Waals surface area contributed by atoms with Crippen molar-refractivity contribution in [3.8, 4) is 0 Å². The van der Waals surface area contributed by atoms with Crippen molar-refractivity contribution < 1.29 is 59.7 Å². The molecule has 0 radical (unpaired) electrons. The predicted molar refractivity (Wildman–Crippen MR) is 196 cm³/mol. The van der Waals surface area contributed by atoms with Crippen LogP contribution in [-0.4, -0.2) is 96.1 Å². The lowest BCUT2D eigenvalue weighted by molar-refractivity contribution is -0.192. The topological polar surface area (TPSA) is 171 Å². The van der Waals surface area contributed by atoms with E-state index in [0.717, 1.165) is 41.5 Å². The Bertz CT molecular complexity index is 1580. The lowest BCUT2D eigenvalue weighted by atomic mass is 10.00. The van der Waals surface area contributed by atoms with Gasteiger partial charge in [-0.15, -0.1) is 0 Å². The van der Waals surface area contributed by atoms with Crippen LogP contribution in [0.4, 0.5) is 26.7 Å². The van der Waals surface area contributed by atoms with Gasteiger partial charge in [0.15, 0.2) is 9.84 Å². The van der Waals surface area contributed by atoms with Crippen LogP contribution in [0, 0.1) is 11.6 Å². The lowest BCUT2D eigenvalue weighted by Gasteiger charge is -2.28. The normalized spacial score (nSPS) is 16.1. The zero-order valence-corrected chi connectivity index (χ0v) is 32.1. The highest BCUT2D eigenvalue weighted by Crippen LogP contribution is 2.21. The Morgan fingerprint density at radius 2 is 1.57 bits per heavy atom. The molecule has 1 unspecified atom stereocenters. The highest BCUT2D eigenvalue weighted by molar-refractivity contribution is 7.99. The maximum Gasteiger partial charge on any atom is 0.490 e. The van der Waals surface area contributed by atoms with Crippen LogP contribution < -0.4 is 16.0 Å². The van der Waals surface area contributed by atoms with Gasteiger partial charge >= 0.3 is 18.2 Å². The standard InChI is InChI=1S/C34H49F2N3O6S2.C2HF3O2/c1-4-8-29(9-5-2)47(43,44)22-31(39-34(42)45-28-12-13-46-21-28)33(41)38-30(17-25-15-26(35)18-27(36)16-25)32(40)20-37-19-24-11-7-10-23(6-3)14-24;3-2(4,5)1(6)7/h7,10-11,14-16,18,28-32,37,40H,4-6,8-9,12-13,17,19-22H2,1-3H3,(H,38,41)(H,39,42);(H,6,7)/t28-,30-,31?,32+;/m0./s1. The molecular weight excluding hydrogens is 762 g/mol. The quantitative estimate of drug-likeness (QED) is 0.117. The summed E-state index contributed by atoms with van der Waals surface area (Å²) in [5, 5.41) is 26.0. The number of nitrogens with one attached hydrogen (secondary N) is 3. The van der Waals surface area contributed by atoms with E-state index in [1.807, 2.05) is 45.0 Å². The summed E-state index contributed by atoms with van der Waals surface area (Å²) >= 11 is 1.63. The summed E-state index contributed by atoms with van der Waals surface area (Å²) in [6.07, 6.45) is -4.15. The van der Waals surface area contributed by atoms with Gasteiger partial charge in [0.1, 0.15) is 23.8 Å². The molecule has 1 aliphatic rings. The molecule has 1 fully saturated rings. The molecule has 0 aromatic heterocycles. The number of ether oxygens (including phenoxy) is 1. The molecule has 2 aromatic rings. The van der Waals surface area contributed by atoms with E-state index in [1.54, 1.807) is 11.8 Å². The largest absolute Gasteiger partial charge is 0.490 e. The molecule has 5 N–H and O–H groups in total. The highest BCUT2D eigenvalue weighted by Gasteiger charge is 2.38. The van der Waals surface area contributed by atoms with Crippen molar-refractivity contribution in [2.45, 2.75) is 108 Å². The maximum atomic E-state index is 14.1. The van der Waals surface area contributed by atoms with E-state index in [1.165, 1.54) is 0 Å². The first-order valence-corrected chi connectivity index (χ1v) is 20.5. The van der Waals surface area contributed by atoms with Crippen LogP contribution in [0.25, 0.3) is 0 Å². The predicted octanol–water partition coefficient (Wildman–Crippen LogP) is 5.32. The van der Waals surface area contributed by atoms with Gasteiger partial charge in [-0.3, -0.25) is 4.79 Å². The summed E-state index contributed by atoms with van der Waals surface area (Å²) in [6, 6.07) is 8.26. The van der Waals surface area contributed by atoms with Crippen LogP contribution in [0.1, 0.15) is 69.6 Å². The molecule has 1 saturated heterocycles. The number of rotatable bonds is 19. The number of benzene rings is 2. The molecule has 18 heteroatoms. The zero-order valence-electron chi connectivity index (χ0n) is 30.5. The zero-order chi connectivity index (χ0) is 40.5. The average Bonchev–Trinajstić information content (AvgIpc) is 3.60. The molecule has 1 heterocycles. The number of carboxylic acid groups (broad SMARTS) is 1. The molecule has 4 atom stereocenters. The summed E-state index contributed by atoms with van der Waals surface area (Å²) in [5.41, 5.74) is 2.33. The summed E-state index contributed by atoms with van der Waals surface area (Å²) in [4.78, 5) is 35.6. The van der Waals surface area contributed by atoms with Gasteiger partial charge in [0.2, 0.25) is 5.91 Å². The van der Waals surface area contributed by atoms with Gasteiger partial charge in [0.05, 0.1) is 23.1 Å². The molecule has 1 aliphatic heterocycles. The van der Waals surface area contributed by atoms with Gasteiger partial charge in [-0.25, -0.2) is 26.8 Å². The minimum absolute atomic E-state index is 0.00591. The van der Waals surface area contributed by atoms with Crippen LogP contribution in [-0.2, 0) is 43.5 Å². The van der Waals surface area contributed by atoms with Gasteiger partial charge in [0, 0.05) is 24.9 Å². The number of halogens is 5. The molecular formula is C36H50F5N3O8S2. The third-order valence-corrected chi connectivity index (χ3v) is 11.8. The first-order valence-electron chi connectivity index (χ1n) is 17.7. The van der Waals surface area contributed by atoms with Crippen LogP contribution in [0.5, 0.6) is 0 Å². The van der Waals surface area contributed by atoms with E-state index < -0.39 is 74.8 Å². The number of hydrogen-bond donors (Lipinski definition) is 5. The number of aliphatic carboxylic acids is 1. The Morgan fingerprint density at radius 3 is 2.11 bits per heavy atom. The van der Waals surface area contributed by atoms with Gasteiger partial charge in [-0.05, 0) is 66.7 Å². The smallest absolute Gasteiger partial charge is 0.475 e. The van der Waals surface area contributed by atoms with E-state index in [4.69, 9.17) is 14.6 Å². The number of carboxylic acids is 1. The minimum atomic E-state index is -5.08. The fourth-order valence-electron chi connectivity index (χ4n) is 5.65. The lowest BCUT2D eigenvalue weighted by Crippen LogP contribution is -2.57. The number of alkyl carbamates (subject to hydrolysis) is 1. The van der Waals surface area contributed by atoms with Crippen LogP contribution in [0.15, 0.2) is 42.5 Å². The summed E-state index contributed by atoms with van der Waals surface area (Å²) in [5.74, 6) is -4.48. The number of carbonyl (C=O) groups is 3. The van der Waals surface area contributed by atoms with E-state index >= 15 is 0 Å². The SMILES string of the molecule is CCCC(CCC)S(=O)(=O)CC(NC(=O)O[C@H]1CCSC1)C(=O)N[C@@H](Cc1cc(F)cc(F)c1)[C@H](O)CNCc1cccc(CC)c1.O=C(O)C(F)(F)F. The summed E-state index contributed by atoms with van der Waals surface area (Å²) in [6.45, 7) is 6.24. The Hall–Kier alpha value is -3.48. The van der Waals surface area contributed by atoms with E-state index in [9.17, 15) is 45.1 Å². The molecule has 2 amide bonds. The number of alkyl halides is 3. The molecule has 54 heavy (non-hydrogen) atoms. The van der Waals surface area contributed by atoms with Crippen LogP contribution in [0.3, 0.4) is 0 Å².